The summed E-state index contributed by atoms with van der Waals surface area (Å²) in [5.41, 5.74) is 1.17. The molecule has 28 heavy (non-hydrogen) atoms. The van der Waals surface area contributed by atoms with Crippen LogP contribution in [0.25, 0.3) is 0 Å². The Morgan fingerprint density at radius 3 is 2.50 bits per heavy atom. The first-order valence-electron chi connectivity index (χ1n) is 8.69. The zero-order valence-corrected chi connectivity index (χ0v) is 16.6. The molecule has 2 aromatic rings. The standard InChI is InChI=1S/C19H26N4O5/c1-6-11(10-28-5)20-14-15(19(27)23(4)18(14)26)21-13-9-7-8-12(16(13)24)17(25)22(2)3/h7-9,21,24,26-27H,6,10H2,1-5H3. The first kappa shape index (κ1) is 21.1. The number of rotatable bonds is 7. The predicted octanol–water partition coefficient (Wildman–Crippen LogP) is 2.72. The molecule has 0 saturated heterocycles. The smallest absolute Gasteiger partial charge is 0.257 e. The van der Waals surface area contributed by atoms with Gasteiger partial charge in [0.25, 0.3) is 5.91 Å². The number of aliphatic imine (C=N–C) groups is 1. The number of nitrogens with one attached hydrogen (secondary N) is 1. The molecule has 9 nitrogen and oxygen atoms in total. The number of hydrogen-bond donors (Lipinski definition) is 4. The molecule has 0 spiro atoms. The van der Waals surface area contributed by atoms with Crippen LogP contribution in [0.1, 0.15) is 23.7 Å². The van der Waals surface area contributed by atoms with Crippen LogP contribution in [0, 0.1) is 0 Å². The number of aromatic nitrogens is 1. The van der Waals surface area contributed by atoms with Gasteiger partial charge in [0.1, 0.15) is 5.69 Å². The SMILES string of the molecule is CCC(COC)=Nc1c(Nc2cccc(C(=O)N(C)C)c2O)c(O)n(C)c1O. The zero-order valence-electron chi connectivity index (χ0n) is 16.6. The second-order valence-electron chi connectivity index (χ2n) is 6.42. The van der Waals surface area contributed by atoms with Crippen LogP contribution in [0.2, 0.25) is 0 Å². The molecule has 0 atom stereocenters. The van der Waals surface area contributed by atoms with Crippen molar-refractivity contribution >= 4 is 28.7 Å². The van der Waals surface area contributed by atoms with E-state index in [2.05, 4.69) is 10.3 Å². The van der Waals surface area contributed by atoms with Crippen LogP contribution in [0.4, 0.5) is 17.1 Å². The summed E-state index contributed by atoms with van der Waals surface area (Å²) in [6.45, 7) is 2.16. The van der Waals surface area contributed by atoms with E-state index < -0.39 is 0 Å². The van der Waals surface area contributed by atoms with Crippen molar-refractivity contribution in [2.75, 3.05) is 33.1 Å². The summed E-state index contributed by atoms with van der Waals surface area (Å²) < 4.78 is 6.26. The molecule has 0 aliphatic heterocycles. The number of ether oxygens (including phenoxy) is 1. The highest BCUT2D eigenvalue weighted by Crippen LogP contribution is 2.47. The summed E-state index contributed by atoms with van der Waals surface area (Å²) >= 11 is 0. The van der Waals surface area contributed by atoms with E-state index in [9.17, 15) is 20.1 Å². The number of para-hydroxylation sites is 1. The maximum Gasteiger partial charge on any atom is 0.257 e. The van der Waals surface area contributed by atoms with Gasteiger partial charge < -0.3 is 30.3 Å². The third-order valence-electron chi connectivity index (χ3n) is 4.23. The number of methoxy groups -OCH3 is 1. The third kappa shape index (κ3) is 4.04. The van der Waals surface area contributed by atoms with Crippen molar-refractivity contribution in [3.63, 3.8) is 0 Å². The lowest BCUT2D eigenvalue weighted by Crippen LogP contribution is -2.21. The average molecular weight is 390 g/mol. The number of hydrogen-bond acceptors (Lipinski definition) is 7. The van der Waals surface area contributed by atoms with Crippen molar-refractivity contribution in [2.24, 2.45) is 12.0 Å². The summed E-state index contributed by atoms with van der Waals surface area (Å²) in [4.78, 5) is 18.0. The molecule has 0 aliphatic rings. The molecular formula is C19H26N4O5. The summed E-state index contributed by atoms with van der Waals surface area (Å²) in [5.74, 6) is -1.16. The first-order valence-corrected chi connectivity index (χ1v) is 8.69. The van der Waals surface area contributed by atoms with Crippen molar-refractivity contribution in [1.82, 2.24) is 9.47 Å². The molecule has 1 amide bonds. The van der Waals surface area contributed by atoms with E-state index in [-0.39, 0.29) is 52.6 Å². The van der Waals surface area contributed by atoms with E-state index in [1.807, 2.05) is 6.92 Å². The van der Waals surface area contributed by atoms with Gasteiger partial charge in [-0.15, -0.1) is 0 Å². The largest absolute Gasteiger partial charge is 0.505 e. The minimum atomic E-state index is -0.368. The molecule has 2 rings (SSSR count). The summed E-state index contributed by atoms with van der Waals surface area (Å²) in [6, 6.07) is 4.65. The Morgan fingerprint density at radius 1 is 1.25 bits per heavy atom. The number of nitrogens with zero attached hydrogens (tertiary/aromatic N) is 3. The number of amides is 1. The quantitative estimate of drug-likeness (QED) is 0.426. The summed E-state index contributed by atoms with van der Waals surface area (Å²) in [6.07, 6.45) is 0.584. The van der Waals surface area contributed by atoms with Gasteiger partial charge >= 0.3 is 0 Å². The molecule has 1 aromatic heterocycles. The molecule has 0 fully saturated rings. The molecule has 0 aliphatic carbocycles. The van der Waals surface area contributed by atoms with Crippen LogP contribution < -0.4 is 5.32 Å². The van der Waals surface area contributed by atoms with E-state index >= 15 is 0 Å². The van der Waals surface area contributed by atoms with Crippen LogP contribution in [0.15, 0.2) is 23.2 Å². The van der Waals surface area contributed by atoms with Gasteiger partial charge in [-0.25, -0.2) is 4.99 Å². The first-order chi connectivity index (χ1) is 13.2. The lowest BCUT2D eigenvalue weighted by Gasteiger charge is -2.15. The van der Waals surface area contributed by atoms with E-state index in [0.29, 0.717) is 12.1 Å². The molecule has 0 unspecified atom stereocenters. The number of carbonyl (C=O) groups is 1. The molecular weight excluding hydrogens is 364 g/mol. The Labute approximate surface area is 163 Å². The Morgan fingerprint density at radius 2 is 1.93 bits per heavy atom. The third-order valence-corrected chi connectivity index (χ3v) is 4.23. The summed E-state index contributed by atoms with van der Waals surface area (Å²) in [5, 5.41) is 34.2. The molecule has 1 heterocycles. The van der Waals surface area contributed by atoms with Gasteiger partial charge in [-0.1, -0.05) is 13.0 Å². The van der Waals surface area contributed by atoms with Crippen molar-refractivity contribution in [1.29, 1.82) is 0 Å². The van der Waals surface area contributed by atoms with Gasteiger partial charge in [0.2, 0.25) is 11.8 Å². The minimum Gasteiger partial charge on any atom is -0.505 e. The maximum atomic E-state index is 12.2. The number of phenols is 1. The van der Waals surface area contributed by atoms with Gasteiger partial charge in [-0.3, -0.25) is 9.36 Å². The molecule has 0 radical (unpaired) electrons. The number of benzene rings is 1. The van der Waals surface area contributed by atoms with Crippen LogP contribution in [0.5, 0.6) is 17.5 Å². The van der Waals surface area contributed by atoms with E-state index in [1.54, 1.807) is 26.2 Å². The van der Waals surface area contributed by atoms with Crippen molar-refractivity contribution in [3.8, 4) is 17.5 Å². The monoisotopic (exact) mass is 390 g/mol. The highest BCUT2D eigenvalue weighted by molar-refractivity contribution is 5.99. The lowest BCUT2D eigenvalue weighted by atomic mass is 10.1. The lowest BCUT2D eigenvalue weighted by molar-refractivity contribution is 0.0824. The van der Waals surface area contributed by atoms with Gasteiger partial charge in [0.05, 0.1) is 17.9 Å². The Bertz CT molecular complexity index is 902. The molecule has 4 N–H and O–H groups in total. The topological polar surface area (TPSA) is 120 Å². The van der Waals surface area contributed by atoms with E-state index in [4.69, 9.17) is 4.74 Å². The van der Waals surface area contributed by atoms with Crippen molar-refractivity contribution < 1.29 is 24.9 Å². The van der Waals surface area contributed by atoms with Gasteiger partial charge in [-0.2, -0.15) is 0 Å². The number of carbonyl (C=O) groups excluding carboxylic acids is 1. The molecule has 152 valence electrons. The van der Waals surface area contributed by atoms with E-state index in [1.165, 1.54) is 25.1 Å². The Hall–Kier alpha value is -3.20. The molecule has 0 bridgehead atoms. The Kier molecular flexibility index (Phi) is 6.53. The second-order valence-corrected chi connectivity index (χ2v) is 6.42. The number of phenolic OH excluding ortho intramolecular Hbond substituents is 1. The second kappa shape index (κ2) is 8.66. The Balaban J connectivity index is 2.55. The summed E-state index contributed by atoms with van der Waals surface area (Å²) in [7, 11) is 6.18. The predicted molar refractivity (Wildman–Crippen MR) is 107 cm³/mol. The average Bonchev–Trinajstić information content (AvgIpc) is 2.86. The molecule has 9 heteroatoms. The van der Waals surface area contributed by atoms with Gasteiger partial charge in [-0.05, 0) is 18.6 Å². The van der Waals surface area contributed by atoms with Crippen molar-refractivity contribution in [3.05, 3.63) is 23.8 Å². The molecule has 0 saturated carbocycles. The van der Waals surface area contributed by atoms with Crippen LogP contribution >= 0.6 is 0 Å². The normalized spacial score (nSPS) is 11.5. The van der Waals surface area contributed by atoms with Crippen molar-refractivity contribution in [2.45, 2.75) is 13.3 Å². The maximum absolute atomic E-state index is 12.2. The fourth-order valence-electron chi connectivity index (χ4n) is 2.60. The van der Waals surface area contributed by atoms with Crippen LogP contribution in [0.3, 0.4) is 0 Å². The number of aromatic hydroxyl groups is 3. The zero-order chi connectivity index (χ0) is 21.0. The number of anilines is 2. The molecule has 1 aromatic carbocycles. The highest BCUT2D eigenvalue weighted by Gasteiger charge is 2.23. The van der Waals surface area contributed by atoms with Crippen LogP contribution in [-0.2, 0) is 11.8 Å². The van der Waals surface area contributed by atoms with Crippen LogP contribution in [-0.4, -0.2) is 64.2 Å². The fraction of sp³-hybridized carbons (Fsp3) is 0.368. The highest BCUT2D eigenvalue weighted by atomic mass is 16.5. The van der Waals surface area contributed by atoms with Gasteiger partial charge in [0.15, 0.2) is 11.4 Å². The fourth-order valence-corrected chi connectivity index (χ4v) is 2.60. The van der Waals surface area contributed by atoms with Gasteiger partial charge in [0, 0.05) is 34.0 Å². The minimum absolute atomic E-state index is 0.104. The van der Waals surface area contributed by atoms with E-state index in [0.717, 1.165) is 4.57 Å².